The number of ether oxygens (including phenoxy) is 1. The normalized spacial score (nSPS) is 11.0. The molecule has 0 radical (unpaired) electrons. The minimum atomic E-state index is 0.841. The van der Waals surface area contributed by atoms with Gasteiger partial charge in [-0.1, -0.05) is 36.4 Å². The zero-order valence-electron chi connectivity index (χ0n) is 14.2. The summed E-state index contributed by atoms with van der Waals surface area (Å²) < 4.78 is 5.23. The monoisotopic (exact) mass is 316 g/mol. The molecule has 0 aliphatic rings. The van der Waals surface area contributed by atoms with Crippen molar-refractivity contribution in [3.63, 3.8) is 0 Å². The van der Waals surface area contributed by atoms with Gasteiger partial charge in [0.1, 0.15) is 5.75 Å². The molecule has 0 spiro atoms. The van der Waals surface area contributed by atoms with E-state index in [9.17, 15) is 0 Å². The second-order valence-corrected chi connectivity index (χ2v) is 5.79. The third kappa shape index (κ3) is 3.69. The summed E-state index contributed by atoms with van der Waals surface area (Å²) in [4.78, 5) is 0. The van der Waals surface area contributed by atoms with Crippen molar-refractivity contribution >= 4 is 11.4 Å². The van der Waals surface area contributed by atoms with Crippen molar-refractivity contribution in [3.8, 4) is 16.9 Å². The molecule has 3 aromatic carbocycles. The maximum Gasteiger partial charge on any atom is 0.118 e. The molecular weight excluding hydrogens is 296 g/mol. The molecule has 3 heteroatoms. The van der Waals surface area contributed by atoms with Crippen molar-refractivity contribution < 1.29 is 4.74 Å². The molecular formula is C21H20N2O. The van der Waals surface area contributed by atoms with Crippen LogP contribution in [0.5, 0.6) is 5.75 Å². The van der Waals surface area contributed by atoms with Crippen molar-refractivity contribution in [2.75, 3.05) is 7.11 Å². The molecule has 0 heterocycles. The van der Waals surface area contributed by atoms with Gasteiger partial charge in [-0.3, -0.25) is 0 Å². The van der Waals surface area contributed by atoms with E-state index in [1.54, 1.807) is 7.11 Å². The number of hydrogen-bond acceptors (Lipinski definition) is 3. The molecule has 0 N–H and O–H groups in total. The Bertz CT molecular complexity index is 867. The van der Waals surface area contributed by atoms with Gasteiger partial charge in [-0.05, 0) is 60.9 Å². The predicted octanol–water partition coefficient (Wildman–Crippen LogP) is 6.39. The van der Waals surface area contributed by atoms with Gasteiger partial charge in [0.2, 0.25) is 0 Å². The van der Waals surface area contributed by atoms with Crippen LogP contribution in [0.1, 0.15) is 11.1 Å². The van der Waals surface area contributed by atoms with Crippen LogP contribution in [0.4, 0.5) is 11.4 Å². The number of benzene rings is 3. The van der Waals surface area contributed by atoms with Gasteiger partial charge in [-0.25, -0.2) is 0 Å². The average Bonchev–Trinajstić information content (AvgIpc) is 2.60. The fourth-order valence-electron chi connectivity index (χ4n) is 2.54. The molecule has 0 aliphatic carbocycles. The van der Waals surface area contributed by atoms with Crippen LogP contribution in [-0.2, 0) is 0 Å². The summed E-state index contributed by atoms with van der Waals surface area (Å²) in [5.74, 6) is 0.841. The Hall–Kier alpha value is -2.94. The topological polar surface area (TPSA) is 34.0 Å². The fourth-order valence-corrected chi connectivity index (χ4v) is 2.54. The number of methoxy groups -OCH3 is 1. The van der Waals surface area contributed by atoms with E-state index < -0.39 is 0 Å². The second kappa shape index (κ2) is 7.09. The fraction of sp³-hybridized carbons (Fsp3) is 0.143. The van der Waals surface area contributed by atoms with Gasteiger partial charge in [0.05, 0.1) is 18.5 Å². The Morgan fingerprint density at radius 1 is 0.750 bits per heavy atom. The van der Waals surface area contributed by atoms with Gasteiger partial charge in [0.25, 0.3) is 0 Å². The van der Waals surface area contributed by atoms with Gasteiger partial charge in [0.15, 0.2) is 0 Å². The SMILES string of the molecule is COc1ccc(-c2ccc(C)cc2N=Nc2cccc(C)c2)cc1. The van der Waals surface area contributed by atoms with E-state index in [-0.39, 0.29) is 0 Å². The highest BCUT2D eigenvalue weighted by atomic mass is 16.5. The average molecular weight is 316 g/mol. The highest BCUT2D eigenvalue weighted by molar-refractivity contribution is 5.76. The molecule has 0 unspecified atom stereocenters. The number of aryl methyl sites for hydroxylation is 2. The summed E-state index contributed by atoms with van der Waals surface area (Å²) in [7, 11) is 1.67. The van der Waals surface area contributed by atoms with Crippen LogP contribution in [0.15, 0.2) is 77.0 Å². The van der Waals surface area contributed by atoms with E-state index in [2.05, 4.69) is 48.3 Å². The predicted molar refractivity (Wildman–Crippen MR) is 98.5 cm³/mol. The first-order valence-corrected chi connectivity index (χ1v) is 7.89. The zero-order chi connectivity index (χ0) is 16.9. The first-order valence-electron chi connectivity index (χ1n) is 7.89. The van der Waals surface area contributed by atoms with Crippen LogP contribution in [0.25, 0.3) is 11.1 Å². The molecule has 3 aromatic rings. The van der Waals surface area contributed by atoms with E-state index >= 15 is 0 Å². The van der Waals surface area contributed by atoms with Crippen LogP contribution in [0.3, 0.4) is 0 Å². The molecule has 0 atom stereocenters. The molecule has 0 saturated carbocycles. The third-order valence-corrected chi connectivity index (χ3v) is 3.83. The van der Waals surface area contributed by atoms with Gasteiger partial charge in [0, 0.05) is 5.56 Å². The maximum absolute atomic E-state index is 5.23. The zero-order valence-corrected chi connectivity index (χ0v) is 14.2. The van der Waals surface area contributed by atoms with E-state index in [4.69, 9.17) is 4.74 Å². The molecule has 0 aromatic heterocycles. The standard InChI is InChI=1S/C21H20N2O/c1-15-5-4-6-18(13-15)22-23-21-14-16(2)7-12-20(21)17-8-10-19(24-3)11-9-17/h4-14H,1-3H3. The summed E-state index contributed by atoms with van der Waals surface area (Å²) in [5.41, 5.74) is 6.20. The smallest absolute Gasteiger partial charge is 0.118 e. The largest absolute Gasteiger partial charge is 0.497 e. The van der Waals surface area contributed by atoms with Gasteiger partial charge in [-0.15, -0.1) is 5.11 Å². The number of rotatable bonds is 4. The maximum atomic E-state index is 5.23. The molecule has 24 heavy (non-hydrogen) atoms. The first-order chi connectivity index (χ1) is 11.7. The van der Waals surface area contributed by atoms with Crippen molar-refractivity contribution in [2.24, 2.45) is 10.2 Å². The number of nitrogens with zero attached hydrogens (tertiary/aromatic N) is 2. The van der Waals surface area contributed by atoms with Crippen molar-refractivity contribution in [1.82, 2.24) is 0 Å². The Balaban J connectivity index is 1.99. The van der Waals surface area contributed by atoms with Gasteiger partial charge in [-0.2, -0.15) is 5.11 Å². The molecule has 0 aliphatic heterocycles. The third-order valence-electron chi connectivity index (χ3n) is 3.83. The first kappa shape index (κ1) is 15.9. The highest BCUT2D eigenvalue weighted by Crippen LogP contribution is 2.33. The van der Waals surface area contributed by atoms with Crippen molar-refractivity contribution in [3.05, 3.63) is 77.9 Å². The minimum absolute atomic E-state index is 0.841. The molecule has 3 rings (SSSR count). The lowest BCUT2D eigenvalue weighted by atomic mass is 10.0. The molecule has 0 saturated heterocycles. The highest BCUT2D eigenvalue weighted by Gasteiger charge is 2.06. The van der Waals surface area contributed by atoms with Crippen LogP contribution >= 0.6 is 0 Å². The van der Waals surface area contributed by atoms with E-state index in [0.29, 0.717) is 0 Å². The summed E-state index contributed by atoms with van der Waals surface area (Å²) in [6, 6.07) is 22.2. The lowest BCUT2D eigenvalue weighted by Gasteiger charge is -2.08. The minimum Gasteiger partial charge on any atom is -0.497 e. The van der Waals surface area contributed by atoms with E-state index in [1.807, 2.05) is 42.5 Å². The molecule has 120 valence electrons. The van der Waals surface area contributed by atoms with Crippen LogP contribution in [0, 0.1) is 13.8 Å². The Kier molecular flexibility index (Phi) is 4.71. The molecule has 0 amide bonds. The van der Waals surface area contributed by atoms with Gasteiger partial charge >= 0.3 is 0 Å². The summed E-state index contributed by atoms with van der Waals surface area (Å²) in [6.45, 7) is 4.11. The van der Waals surface area contributed by atoms with Crippen LogP contribution < -0.4 is 4.74 Å². The van der Waals surface area contributed by atoms with E-state index in [0.717, 1.165) is 33.8 Å². The molecule has 0 bridgehead atoms. The van der Waals surface area contributed by atoms with Crippen LogP contribution in [-0.4, -0.2) is 7.11 Å². The summed E-state index contributed by atoms with van der Waals surface area (Å²) in [5, 5.41) is 8.89. The van der Waals surface area contributed by atoms with E-state index in [1.165, 1.54) is 5.56 Å². The second-order valence-electron chi connectivity index (χ2n) is 5.79. The Morgan fingerprint density at radius 2 is 1.50 bits per heavy atom. The Labute approximate surface area is 142 Å². The lowest BCUT2D eigenvalue weighted by molar-refractivity contribution is 0.415. The molecule has 0 fully saturated rings. The Morgan fingerprint density at radius 3 is 2.21 bits per heavy atom. The quantitative estimate of drug-likeness (QED) is 0.513. The summed E-state index contributed by atoms with van der Waals surface area (Å²) in [6.07, 6.45) is 0. The van der Waals surface area contributed by atoms with Crippen LogP contribution in [0.2, 0.25) is 0 Å². The van der Waals surface area contributed by atoms with Gasteiger partial charge < -0.3 is 4.74 Å². The summed E-state index contributed by atoms with van der Waals surface area (Å²) >= 11 is 0. The van der Waals surface area contributed by atoms with Crippen molar-refractivity contribution in [1.29, 1.82) is 0 Å². The van der Waals surface area contributed by atoms with Crippen molar-refractivity contribution in [2.45, 2.75) is 13.8 Å². The number of azo groups is 1. The lowest BCUT2D eigenvalue weighted by Crippen LogP contribution is -1.84. The molecule has 3 nitrogen and oxygen atoms in total. The number of hydrogen-bond donors (Lipinski definition) is 0.